The molecule has 0 unspecified atom stereocenters. The fraction of sp³-hybridized carbons (Fsp3) is 0.105. The summed E-state index contributed by atoms with van der Waals surface area (Å²) in [6.07, 6.45) is 2.42. The van der Waals surface area contributed by atoms with Gasteiger partial charge in [-0.1, -0.05) is 16.4 Å². The van der Waals surface area contributed by atoms with Crippen molar-refractivity contribution in [3.63, 3.8) is 0 Å². The van der Waals surface area contributed by atoms with E-state index >= 15 is 0 Å². The lowest BCUT2D eigenvalue weighted by atomic mass is 10.1. The van der Waals surface area contributed by atoms with Crippen molar-refractivity contribution >= 4 is 12.4 Å². The number of hydrogen-bond acceptors (Lipinski definition) is 9. The molecule has 9 nitrogen and oxygen atoms in total. The summed E-state index contributed by atoms with van der Waals surface area (Å²) in [7, 11) is 3.07. The Morgan fingerprint density at radius 2 is 1.18 bits per heavy atom. The number of aromatic nitrogens is 3. The summed E-state index contributed by atoms with van der Waals surface area (Å²) in [6.45, 7) is 0. The number of methoxy groups -OCH3 is 2. The fourth-order valence-corrected chi connectivity index (χ4v) is 2.52. The summed E-state index contributed by atoms with van der Waals surface area (Å²) in [6, 6.07) is 12.1. The van der Waals surface area contributed by atoms with Crippen LogP contribution in [0.15, 0.2) is 52.8 Å². The van der Waals surface area contributed by atoms with E-state index in [1.165, 1.54) is 26.6 Å². The first kappa shape index (κ1) is 18.8. The summed E-state index contributed by atoms with van der Waals surface area (Å²) in [5, 5.41) is 23.6. The minimum atomic E-state index is 0.421. The van der Waals surface area contributed by atoms with Gasteiger partial charge in [0, 0.05) is 24.3 Å². The highest BCUT2D eigenvalue weighted by Crippen LogP contribution is 2.26. The van der Waals surface area contributed by atoms with Gasteiger partial charge in [-0.2, -0.15) is 0 Å². The van der Waals surface area contributed by atoms with Gasteiger partial charge in [0.25, 0.3) is 0 Å². The molecule has 0 atom stereocenters. The van der Waals surface area contributed by atoms with Crippen molar-refractivity contribution in [1.82, 2.24) is 15.0 Å². The normalized spacial score (nSPS) is 11.2. The first-order valence-corrected chi connectivity index (χ1v) is 8.11. The second kappa shape index (κ2) is 8.58. The summed E-state index contributed by atoms with van der Waals surface area (Å²) in [5.74, 6) is 1.10. The molecule has 2 N–H and O–H groups in total. The van der Waals surface area contributed by atoms with E-state index in [0.717, 1.165) is 0 Å². The molecule has 3 rings (SSSR count). The zero-order valence-corrected chi connectivity index (χ0v) is 15.1. The van der Waals surface area contributed by atoms with Crippen LogP contribution in [0, 0.1) is 0 Å². The molecular weight excluding hydrogens is 362 g/mol. The molecule has 0 aliphatic rings. The van der Waals surface area contributed by atoms with Gasteiger partial charge >= 0.3 is 0 Å². The smallest absolute Gasteiger partial charge is 0.123 e. The molecule has 0 aliphatic carbocycles. The van der Waals surface area contributed by atoms with Crippen LogP contribution >= 0.6 is 0 Å². The number of ether oxygens (including phenoxy) is 2. The lowest BCUT2D eigenvalue weighted by Gasteiger charge is -2.09. The average Bonchev–Trinajstić information content (AvgIpc) is 2.73. The molecule has 0 radical (unpaired) electrons. The molecule has 0 aromatic carbocycles. The first-order valence-electron chi connectivity index (χ1n) is 8.11. The average molecular weight is 379 g/mol. The van der Waals surface area contributed by atoms with Crippen molar-refractivity contribution in [3.8, 4) is 34.3 Å². The zero-order valence-electron chi connectivity index (χ0n) is 15.1. The maximum Gasteiger partial charge on any atom is 0.123 e. The van der Waals surface area contributed by atoms with E-state index < -0.39 is 0 Å². The third-order valence-electron chi connectivity index (χ3n) is 3.76. The minimum Gasteiger partial charge on any atom is -0.497 e. The third kappa shape index (κ3) is 4.21. The van der Waals surface area contributed by atoms with Crippen LogP contribution < -0.4 is 9.47 Å². The predicted octanol–water partition coefficient (Wildman–Crippen LogP) is 2.84. The highest BCUT2D eigenvalue weighted by molar-refractivity contribution is 5.80. The van der Waals surface area contributed by atoms with E-state index in [1.54, 1.807) is 36.4 Å². The highest BCUT2D eigenvalue weighted by atomic mass is 16.5. The standard InChI is InChI=1S/C19H17N5O4/c1-27-14-6-12(10-20-25)22-18(8-14)16-4-3-5-17(24-16)19-9-15(28-2)7-13(23-19)11-21-26/h3-11,25-26H,1-2H3/b20-10+,21-11+. The highest BCUT2D eigenvalue weighted by Gasteiger charge is 2.10. The zero-order chi connectivity index (χ0) is 19.9. The Balaban J connectivity index is 2.09. The summed E-state index contributed by atoms with van der Waals surface area (Å²) < 4.78 is 10.5. The van der Waals surface area contributed by atoms with E-state index in [-0.39, 0.29) is 0 Å². The third-order valence-corrected chi connectivity index (χ3v) is 3.76. The Hall–Kier alpha value is -4.01. The van der Waals surface area contributed by atoms with Crippen molar-refractivity contribution < 1.29 is 19.9 Å². The van der Waals surface area contributed by atoms with Crippen LogP contribution in [0.5, 0.6) is 11.5 Å². The second-order valence-electron chi connectivity index (χ2n) is 5.53. The first-order chi connectivity index (χ1) is 13.7. The van der Waals surface area contributed by atoms with Gasteiger partial charge in [0.2, 0.25) is 0 Å². The van der Waals surface area contributed by atoms with Crippen LogP contribution in [0.25, 0.3) is 22.8 Å². The monoisotopic (exact) mass is 379 g/mol. The number of rotatable bonds is 6. The van der Waals surface area contributed by atoms with Crippen molar-refractivity contribution in [2.75, 3.05) is 14.2 Å². The topological polar surface area (TPSA) is 122 Å². The predicted molar refractivity (Wildman–Crippen MR) is 103 cm³/mol. The maximum absolute atomic E-state index is 8.78. The van der Waals surface area contributed by atoms with E-state index in [1.807, 2.05) is 6.07 Å². The van der Waals surface area contributed by atoms with Crippen molar-refractivity contribution in [1.29, 1.82) is 0 Å². The Labute approximate surface area is 160 Å². The van der Waals surface area contributed by atoms with E-state index in [0.29, 0.717) is 45.7 Å². The van der Waals surface area contributed by atoms with Gasteiger partial charge in [-0.15, -0.1) is 0 Å². The summed E-state index contributed by atoms with van der Waals surface area (Å²) in [5.41, 5.74) is 3.07. The van der Waals surface area contributed by atoms with Gasteiger partial charge in [-0.25, -0.2) is 15.0 Å². The molecule has 0 spiro atoms. The molecule has 0 saturated heterocycles. The molecule has 9 heteroatoms. The summed E-state index contributed by atoms with van der Waals surface area (Å²) >= 11 is 0. The number of oxime groups is 2. The molecule has 3 aromatic rings. The van der Waals surface area contributed by atoms with Gasteiger partial charge in [0.05, 0.1) is 60.8 Å². The van der Waals surface area contributed by atoms with Crippen LogP contribution in [0.2, 0.25) is 0 Å². The molecule has 142 valence electrons. The molecule has 0 saturated carbocycles. The van der Waals surface area contributed by atoms with Crippen molar-refractivity contribution in [3.05, 3.63) is 53.9 Å². The van der Waals surface area contributed by atoms with Crippen LogP contribution in [0.4, 0.5) is 0 Å². The number of pyridine rings is 3. The van der Waals surface area contributed by atoms with Gasteiger partial charge < -0.3 is 19.9 Å². The largest absolute Gasteiger partial charge is 0.497 e. The molecule has 0 bridgehead atoms. The van der Waals surface area contributed by atoms with Crippen molar-refractivity contribution in [2.45, 2.75) is 0 Å². The number of nitrogens with zero attached hydrogens (tertiary/aromatic N) is 5. The van der Waals surface area contributed by atoms with E-state index in [9.17, 15) is 0 Å². The molecule has 28 heavy (non-hydrogen) atoms. The Kier molecular flexibility index (Phi) is 5.75. The second-order valence-corrected chi connectivity index (χ2v) is 5.53. The van der Waals surface area contributed by atoms with Gasteiger partial charge in [0.15, 0.2) is 0 Å². The Bertz CT molecular complexity index is 958. The lowest BCUT2D eigenvalue weighted by Crippen LogP contribution is -1.98. The SMILES string of the molecule is COc1cc(/C=N/O)nc(-c2cccc(-c3cc(OC)cc(/C=N/O)n3)n2)c1. The van der Waals surface area contributed by atoms with Gasteiger partial charge in [-0.05, 0) is 12.1 Å². The molecule has 0 amide bonds. The van der Waals surface area contributed by atoms with Crippen molar-refractivity contribution in [2.24, 2.45) is 10.3 Å². The molecule has 3 aromatic heterocycles. The van der Waals surface area contributed by atoms with Gasteiger partial charge in [0.1, 0.15) is 11.5 Å². The van der Waals surface area contributed by atoms with Gasteiger partial charge in [-0.3, -0.25) is 0 Å². The minimum absolute atomic E-state index is 0.421. The van der Waals surface area contributed by atoms with Crippen LogP contribution in [-0.4, -0.2) is 52.0 Å². The lowest BCUT2D eigenvalue weighted by molar-refractivity contribution is 0.321. The van der Waals surface area contributed by atoms with E-state index in [4.69, 9.17) is 19.9 Å². The van der Waals surface area contributed by atoms with Crippen LogP contribution in [0.1, 0.15) is 11.4 Å². The Morgan fingerprint density at radius 3 is 1.57 bits per heavy atom. The van der Waals surface area contributed by atoms with Crippen LogP contribution in [0.3, 0.4) is 0 Å². The number of hydrogen-bond donors (Lipinski definition) is 2. The molecule has 0 aliphatic heterocycles. The molecule has 0 fully saturated rings. The molecular formula is C19H17N5O4. The summed E-state index contributed by atoms with van der Waals surface area (Å²) in [4.78, 5) is 13.4. The van der Waals surface area contributed by atoms with Crippen LogP contribution in [-0.2, 0) is 0 Å². The maximum atomic E-state index is 8.78. The fourth-order valence-electron chi connectivity index (χ4n) is 2.52. The Morgan fingerprint density at radius 1 is 0.714 bits per heavy atom. The quantitative estimate of drug-likeness (QED) is 0.383. The molecule has 3 heterocycles. The van der Waals surface area contributed by atoms with E-state index in [2.05, 4.69) is 25.3 Å².